The number of aliphatic imine (C=N–C) groups is 1. The first-order chi connectivity index (χ1) is 24.0. The zero-order chi connectivity index (χ0) is 34.8. The molecular weight excluding hydrogens is 591 g/mol. The van der Waals surface area contributed by atoms with Crippen molar-refractivity contribution >= 4 is 22.6 Å². The fraction of sp³-hybridized carbons (Fsp3) is 0.188. The number of benzene rings is 3. The maximum atomic E-state index is 4.86. The molecule has 0 fully saturated rings. The highest BCUT2D eigenvalue weighted by Crippen LogP contribution is 2.42. The van der Waals surface area contributed by atoms with Gasteiger partial charge in [-0.1, -0.05) is 171 Å². The summed E-state index contributed by atoms with van der Waals surface area (Å²) in [5.41, 5.74) is 12.6. The third-order valence-electron chi connectivity index (χ3n) is 8.47. The molecule has 0 heterocycles. The lowest BCUT2D eigenvalue weighted by molar-refractivity contribution is 0.887. The van der Waals surface area contributed by atoms with Gasteiger partial charge in [-0.05, 0) is 96.7 Å². The molecule has 0 bridgehead atoms. The number of nitrogens with zero attached hydrogens (tertiary/aromatic N) is 1. The molecule has 0 saturated carbocycles. The molecule has 3 aromatic carbocycles. The molecule has 0 radical (unpaired) electrons. The Hall–Kier alpha value is -5.27. The first-order valence-corrected chi connectivity index (χ1v) is 17.5. The molecule has 0 amide bonds. The van der Waals surface area contributed by atoms with E-state index in [1.54, 1.807) is 0 Å². The highest BCUT2D eigenvalue weighted by Gasteiger charge is 2.24. The maximum absolute atomic E-state index is 4.86. The summed E-state index contributed by atoms with van der Waals surface area (Å²) in [6.45, 7) is 14.9. The zero-order valence-corrected chi connectivity index (χ0v) is 29.9. The van der Waals surface area contributed by atoms with Crippen LogP contribution in [0.2, 0.25) is 0 Å². The lowest BCUT2D eigenvalue weighted by Crippen LogP contribution is -2.09. The SMILES string of the molecule is C=C(/N=C(\C)C/C=C(\C=C/C)/C=C(/C(C1=CCCC=C1)=C(\C(=C/C)c1ccccc1)C(C)/C=C\C=C/C)c1ccccc1)c1ccccc1. The van der Waals surface area contributed by atoms with E-state index in [0.717, 1.165) is 35.4 Å². The lowest BCUT2D eigenvalue weighted by Gasteiger charge is -2.26. The van der Waals surface area contributed by atoms with Crippen LogP contribution in [0, 0.1) is 5.92 Å². The summed E-state index contributed by atoms with van der Waals surface area (Å²) >= 11 is 0. The Morgan fingerprint density at radius 2 is 1.39 bits per heavy atom. The van der Waals surface area contributed by atoms with Crippen LogP contribution >= 0.6 is 0 Å². The van der Waals surface area contributed by atoms with Crippen molar-refractivity contribution in [1.29, 1.82) is 0 Å². The molecule has 1 aliphatic carbocycles. The Morgan fingerprint density at radius 1 is 0.776 bits per heavy atom. The standard InChI is InChI=1S/C48H51N/c1-7-10-15-25-37(4)47(45(9-3)42-28-18-12-19-29-42)48(44-32-22-14-23-33-44)46(43-30-20-13-21-31-43)36-40(24-8-2)35-34-38(5)49-39(6)41-26-16-11-17-27-41/h7-13,15-22,24-33,35-37H,6,14,23,34H2,1-5H3/b10-7-,24-8-,25-15-,40-35+,45-9-,46-36+,48-47-,49-38+. The van der Waals surface area contributed by atoms with Crippen molar-refractivity contribution in [2.24, 2.45) is 10.9 Å². The predicted molar refractivity (Wildman–Crippen MR) is 217 cm³/mol. The summed E-state index contributed by atoms with van der Waals surface area (Å²) < 4.78 is 0. The van der Waals surface area contributed by atoms with Gasteiger partial charge in [-0.2, -0.15) is 0 Å². The second-order valence-electron chi connectivity index (χ2n) is 12.2. The quantitative estimate of drug-likeness (QED) is 0.123. The molecule has 1 heteroatoms. The van der Waals surface area contributed by atoms with Crippen LogP contribution in [-0.2, 0) is 0 Å². The van der Waals surface area contributed by atoms with E-state index in [9.17, 15) is 0 Å². The molecule has 0 spiro atoms. The van der Waals surface area contributed by atoms with Gasteiger partial charge in [0, 0.05) is 18.1 Å². The molecule has 0 saturated heterocycles. The summed E-state index contributed by atoms with van der Waals surface area (Å²) in [5, 5.41) is 0. The van der Waals surface area contributed by atoms with Crippen LogP contribution in [0.1, 0.15) is 70.6 Å². The second kappa shape index (κ2) is 19.5. The number of hydrogen-bond donors (Lipinski definition) is 0. The molecule has 1 unspecified atom stereocenters. The third-order valence-corrected chi connectivity index (χ3v) is 8.47. The monoisotopic (exact) mass is 641 g/mol. The van der Waals surface area contributed by atoms with E-state index in [1.165, 1.54) is 39.0 Å². The molecule has 4 rings (SSSR count). The van der Waals surface area contributed by atoms with Gasteiger partial charge in [-0.15, -0.1) is 0 Å². The highest BCUT2D eigenvalue weighted by atomic mass is 14.7. The Bertz CT molecular complexity index is 1850. The first-order valence-electron chi connectivity index (χ1n) is 17.5. The highest BCUT2D eigenvalue weighted by molar-refractivity contribution is 5.95. The number of allylic oxidation sites excluding steroid dienone is 18. The average Bonchev–Trinajstić information content (AvgIpc) is 3.14. The van der Waals surface area contributed by atoms with Gasteiger partial charge in [0.15, 0.2) is 0 Å². The smallest absolute Gasteiger partial charge is 0.0629 e. The second-order valence-corrected chi connectivity index (χ2v) is 12.2. The molecule has 1 aliphatic rings. The molecule has 1 atom stereocenters. The van der Waals surface area contributed by atoms with Crippen molar-refractivity contribution < 1.29 is 0 Å². The normalized spacial score (nSPS) is 16.0. The van der Waals surface area contributed by atoms with Gasteiger partial charge in [0.25, 0.3) is 0 Å². The Balaban J connectivity index is 2.00. The van der Waals surface area contributed by atoms with Crippen LogP contribution < -0.4 is 0 Å². The molecule has 0 aromatic heterocycles. The lowest BCUT2D eigenvalue weighted by atomic mass is 9.77. The fourth-order valence-electron chi connectivity index (χ4n) is 6.08. The molecule has 0 N–H and O–H groups in total. The summed E-state index contributed by atoms with van der Waals surface area (Å²) in [6, 6.07) is 31.8. The van der Waals surface area contributed by atoms with Gasteiger partial charge < -0.3 is 0 Å². The maximum Gasteiger partial charge on any atom is 0.0629 e. The summed E-state index contributed by atoms with van der Waals surface area (Å²) in [6.07, 6.45) is 29.8. The number of hydrogen-bond acceptors (Lipinski definition) is 1. The van der Waals surface area contributed by atoms with Crippen molar-refractivity contribution in [1.82, 2.24) is 0 Å². The first kappa shape index (κ1) is 36.6. The van der Waals surface area contributed by atoms with Crippen molar-refractivity contribution in [3.05, 3.63) is 209 Å². The summed E-state index contributed by atoms with van der Waals surface area (Å²) in [7, 11) is 0. The van der Waals surface area contributed by atoms with Gasteiger partial charge in [0.05, 0.1) is 5.70 Å². The van der Waals surface area contributed by atoms with Crippen molar-refractivity contribution in [3.63, 3.8) is 0 Å². The van der Waals surface area contributed by atoms with Crippen LogP contribution in [0.5, 0.6) is 0 Å². The largest absolute Gasteiger partial charge is 0.258 e. The molecule has 248 valence electrons. The van der Waals surface area contributed by atoms with Crippen molar-refractivity contribution in [3.8, 4) is 0 Å². The van der Waals surface area contributed by atoms with Crippen LogP contribution in [0.4, 0.5) is 0 Å². The van der Waals surface area contributed by atoms with E-state index in [1.807, 2.05) is 18.2 Å². The van der Waals surface area contributed by atoms with E-state index in [0.29, 0.717) is 6.42 Å². The van der Waals surface area contributed by atoms with Crippen LogP contribution in [0.25, 0.3) is 16.8 Å². The van der Waals surface area contributed by atoms with E-state index in [2.05, 4.69) is 187 Å². The third kappa shape index (κ3) is 10.6. The molecule has 0 aliphatic heterocycles. The Morgan fingerprint density at radius 3 is 1.94 bits per heavy atom. The Labute approximate surface area is 295 Å². The van der Waals surface area contributed by atoms with Gasteiger partial charge in [0.1, 0.15) is 0 Å². The summed E-state index contributed by atoms with van der Waals surface area (Å²) in [4.78, 5) is 4.86. The minimum absolute atomic E-state index is 0.133. The van der Waals surface area contributed by atoms with Crippen molar-refractivity contribution in [2.75, 3.05) is 0 Å². The van der Waals surface area contributed by atoms with Crippen LogP contribution in [-0.4, -0.2) is 5.71 Å². The van der Waals surface area contributed by atoms with Crippen molar-refractivity contribution in [2.45, 2.75) is 53.9 Å². The zero-order valence-electron chi connectivity index (χ0n) is 29.9. The fourth-order valence-corrected chi connectivity index (χ4v) is 6.08. The average molecular weight is 642 g/mol. The topological polar surface area (TPSA) is 12.4 Å². The Kier molecular flexibility index (Phi) is 14.6. The van der Waals surface area contributed by atoms with E-state index in [-0.39, 0.29) is 5.92 Å². The van der Waals surface area contributed by atoms with E-state index >= 15 is 0 Å². The van der Waals surface area contributed by atoms with Gasteiger partial charge in [-0.3, -0.25) is 4.99 Å². The van der Waals surface area contributed by atoms with Gasteiger partial charge in [0.2, 0.25) is 0 Å². The minimum atomic E-state index is 0.133. The van der Waals surface area contributed by atoms with Gasteiger partial charge >= 0.3 is 0 Å². The number of rotatable bonds is 14. The predicted octanol–water partition coefficient (Wildman–Crippen LogP) is 13.5. The van der Waals surface area contributed by atoms with Crippen LogP contribution in [0.3, 0.4) is 0 Å². The summed E-state index contributed by atoms with van der Waals surface area (Å²) in [5.74, 6) is 0.133. The van der Waals surface area contributed by atoms with Crippen LogP contribution in [0.15, 0.2) is 198 Å². The molecule has 49 heavy (non-hydrogen) atoms. The molecule has 3 aromatic rings. The van der Waals surface area contributed by atoms with E-state index in [4.69, 9.17) is 4.99 Å². The molecule has 1 nitrogen and oxygen atoms in total. The minimum Gasteiger partial charge on any atom is -0.258 e. The van der Waals surface area contributed by atoms with Gasteiger partial charge in [-0.25, -0.2) is 0 Å². The molecular formula is C48H51N. The van der Waals surface area contributed by atoms with E-state index < -0.39 is 0 Å².